The summed E-state index contributed by atoms with van der Waals surface area (Å²) in [5.74, 6) is 0.181. The van der Waals surface area contributed by atoms with E-state index in [9.17, 15) is 4.39 Å². The summed E-state index contributed by atoms with van der Waals surface area (Å²) in [6, 6.07) is 6.28. The molecule has 0 aliphatic heterocycles. The lowest BCUT2D eigenvalue weighted by atomic mass is 10.2. The number of thiazole rings is 1. The smallest absolute Gasteiger partial charge is 0.123 e. The number of alkyl halides is 1. The Kier molecular flexibility index (Phi) is 4.51. The maximum absolute atomic E-state index is 12.6. The Bertz CT molecular complexity index is 427. The fourth-order valence-electron chi connectivity index (χ4n) is 1.09. The van der Waals surface area contributed by atoms with Gasteiger partial charge in [0.2, 0.25) is 0 Å². The highest BCUT2D eigenvalue weighted by molar-refractivity contribution is 7.13. The molecule has 0 aliphatic rings. The summed E-state index contributed by atoms with van der Waals surface area (Å²) < 4.78 is 12.6. The summed E-state index contributed by atoms with van der Waals surface area (Å²) in [6.45, 7) is 0. The second kappa shape index (κ2) is 5.45. The Balaban J connectivity index is 0.00000112. The van der Waals surface area contributed by atoms with Gasteiger partial charge in [0.25, 0.3) is 0 Å². The van der Waals surface area contributed by atoms with Gasteiger partial charge in [0, 0.05) is 10.9 Å². The van der Waals surface area contributed by atoms with Crippen molar-refractivity contribution in [3.63, 3.8) is 0 Å². The minimum Gasteiger partial charge on any atom is -0.240 e. The molecule has 0 atom stereocenters. The SMILES string of the molecule is Cl.Fc1ccc(-c2nc(CCl)cs2)cc1. The van der Waals surface area contributed by atoms with Crippen molar-refractivity contribution in [2.75, 3.05) is 0 Å². The molecule has 0 unspecified atom stereocenters. The number of halogens is 3. The van der Waals surface area contributed by atoms with Crippen LogP contribution in [0.3, 0.4) is 0 Å². The predicted octanol–water partition coefficient (Wildman–Crippen LogP) is 4.11. The van der Waals surface area contributed by atoms with Gasteiger partial charge in [0.1, 0.15) is 10.8 Å². The van der Waals surface area contributed by atoms with E-state index in [-0.39, 0.29) is 18.2 Å². The highest BCUT2D eigenvalue weighted by Gasteiger charge is 2.03. The molecule has 0 spiro atoms. The molecule has 5 heteroatoms. The van der Waals surface area contributed by atoms with Crippen molar-refractivity contribution in [3.8, 4) is 10.6 Å². The fraction of sp³-hybridized carbons (Fsp3) is 0.100. The second-order valence-electron chi connectivity index (χ2n) is 2.78. The number of nitrogens with zero attached hydrogens (tertiary/aromatic N) is 1. The molecule has 15 heavy (non-hydrogen) atoms. The second-order valence-corrected chi connectivity index (χ2v) is 3.91. The van der Waals surface area contributed by atoms with Crippen LogP contribution in [0.1, 0.15) is 5.69 Å². The predicted molar refractivity (Wildman–Crippen MR) is 64.3 cm³/mol. The van der Waals surface area contributed by atoms with E-state index in [0.29, 0.717) is 5.88 Å². The van der Waals surface area contributed by atoms with Gasteiger partial charge < -0.3 is 0 Å². The van der Waals surface area contributed by atoms with Crippen LogP contribution < -0.4 is 0 Å². The summed E-state index contributed by atoms with van der Waals surface area (Å²) >= 11 is 7.15. The zero-order chi connectivity index (χ0) is 9.97. The van der Waals surface area contributed by atoms with Crippen molar-refractivity contribution < 1.29 is 4.39 Å². The molecule has 80 valence electrons. The van der Waals surface area contributed by atoms with Crippen LogP contribution in [0.25, 0.3) is 10.6 Å². The van der Waals surface area contributed by atoms with Gasteiger partial charge in [-0.25, -0.2) is 9.37 Å². The maximum atomic E-state index is 12.6. The summed E-state index contributed by atoms with van der Waals surface area (Å²) in [5, 5.41) is 2.78. The molecule has 2 rings (SSSR count). The zero-order valence-corrected chi connectivity index (χ0v) is 10.0. The molecule has 0 N–H and O–H groups in total. The molecule has 1 nitrogen and oxygen atoms in total. The highest BCUT2D eigenvalue weighted by atomic mass is 35.5. The monoisotopic (exact) mass is 263 g/mol. The molecule has 0 bridgehead atoms. The Labute approximate surface area is 102 Å². The molecule has 0 saturated carbocycles. The van der Waals surface area contributed by atoms with Crippen molar-refractivity contribution in [1.29, 1.82) is 0 Å². The average molecular weight is 264 g/mol. The van der Waals surface area contributed by atoms with E-state index in [1.165, 1.54) is 23.5 Å². The third-order valence-corrected chi connectivity index (χ3v) is 2.99. The van der Waals surface area contributed by atoms with Crippen molar-refractivity contribution in [1.82, 2.24) is 4.98 Å². The van der Waals surface area contributed by atoms with E-state index >= 15 is 0 Å². The Morgan fingerprint density at radius 1 is 1.27 bits per heavy atom. The van der Waals surface area contributed by atoms with E-state index < -0.39 is 0 Å². The Morgan fingerprint density at radius 3 is 2.47 bits per heavy atom. The molecular formula is C10H8Cl2FNS. The summed E-state index contributed by atoms with van der Waals surface area (Å²) in [6.07, 6.45) is 0. The van der Waals surface area contributed by atoms with Gasteiger partial charge in [-0.15, -0.1) is 35.3 Å². The van der Waals surface area contributed by atoms with E-state index in [2.05, 4.69) is 4.98 Å². The number of hydrogen-bond donors (Lipinski definition) is 0. The topological polar surface area (TPSA) is 12.9 Å². The lowest BCUT2D eigenvalue weighted by Crippen LogP contribution is -1.79. The van der Waals surface area contributed by atoms with E-state index in [1.807, 2.05) is 5.38 Å². The van der Waals surface area contributed by atoms with Crippen molar-refractivity contribution in [3.05, 3.63) is 41.2 Å². The first-order valence-electron chi connectivity index (χ1n) is 4.06. The van der Waals surface area contributed by atoms with Gasteiger partial charge in [0.15, 0.2) is 0 Å². The van der Waals surface area contributed by atoms with Crippen molar-refractivity contribution in [2.24, 2.45) is 0 Å². The van der Waals surface area contributed by atoms with E-state index in [0.717, 1.165) is 16.3 Å². The van der Waals surface area contributed by atoms with Crippen molar-refractivity contribution in [2.45, 2.75) is 5.88 Å². The normalized spacial score (nSPS) is 9.73. The number of aromatic nitrogens is 1. The minimum atomic E-state index is -0.233. The molecular weight excluding hydrogens is 256 g/mol. The third kappa shape index (κ3) is 2.91. The highest BCUT2D eigenvalue weighted by Crippen LogP contribution is 2.24. The first-order valence-corrected chi connectivity index (χ1v) is 5.47. The molecule has 1 aromatic carbocycles. The molecule has 0 radical (unpaired) electrons. The molecule has 2 aromatic rings. The Hall–Kier alpha value is -0.640. The van der Waals surface area contributed by atoms with Gasteiger partial charge >= 0.3 is 0 Å². The first kappa shape index (κ1) is 12.4. The molecule has 1 aromatic heterocycles. The van der Waals surface area contributed by atoms with Gasteiger partial charge in [-0.05, 0) is 24.3 Å². The summed E-state index contributed by atoms with van der Waals surface area (Å²) in [7, 11) is 0. The molecule has 0 amide bonds. The first-order chi connectivity index (χ1) is 6.79. The van der Waals surface area contributed by atoms with Crippen LogP contribution >= 0.6 is 35.3 Å². The van der Waals surface area contributed by atoms with Gasteiger partial charge in [-0.3, -0.25) is 0 Å². The van der Waals surface area contributed by atoms with E-state index in [1.54, 1.807) is 12.1 Å². The van der Waals surface area contributed by atoms with Crippen LogP contribution in [-0.2, 0) is 5.88 Å². The van der Waals surface area contributed by atoms with Gasteiger partial charge in [-0.1, -0.05) is 0 Å². The molecule has 0 fully saturated rings. The lowest BCUT2D eigenvalue weighted by Gasteiger charge is -1.94. The van der Waals surface area contributed by atoms with Crippen LogP contribution in [0.5, 0.6) is 0 Å². The molecule has 0 aliphatic carbocycles. The lowest BCUT2D eigenvalue weighted by molar-refractivity contribution is 0.628. The average Bonchev–Trinajstić information content (AvgIpc) is 2.67. The van der Waals surface area contributed by atoms with Crippen LogP contribution in [0.2, 0.25) is 0 Å². The number of hydrogen-bond acceptors (Lipinski definition) is 2. The molecule has 0 saturated heterocycles. The number of benzene rings is 1. The van der Waals surface area contributed by atoms with Gasteiger partial charge in [-0.2, -0.15) is 0 Å². The third-order valence-electron chi connectivity index (χ3n) is 1.78. The van der Waals surface area contributed by atoms with Crippen molar-refractivity contribution >= 4 is 35.3 Å². The van der Waals surface area contributed by atoms with Gasteiger partial charge in [0.05, 0.1) is 11.6 Å². The fourth-order valence-corrected chi connectivity index (χ4v) is 2.15. The Morgan fingerprint density at radius 2 is 1.93 bits per heavy atom. The van der Waals surface area contributed by atoms with E-state index in [4.69, 9.17) is 11.6 Å². The van der Waals surface area contributed by atoms with Crippen LogP contribution in [0.15, 0.2) is 29.6 Å². The standard InChI is InChI=1S/C10H7ClFNS.ClH/c11-5-9-6-14-10(13-9)7-1-3-8(12)4-2-7;/h1-4,6H,5H2;1H. The zero-order valence-electron chi connectivity index (χ0n) is 7.61. The summed E-state index contributed by atoms with van der Waals surface area (Å²) in [4.78, 5) is 4.29. The minimum absolute atomic E-state index is 0. The molecule has 1 heterocycles. The quantitative estimate of drug-likeness (QED) is 0.744. The van der Waals surface area contributed by atoms with Crippen LogP contribution in [-0.4, -0.2) is 4.98 Å². The van der Waals surface area contributed by atoms with Crippen LogP contribution in [0.4, 0.5) is 4.39 Å². The summed E-state index contributed by atoms with van der Waals surface area (Å²) in [5.41, 5.74) is 1.78. The largest absolute Gasteiger partial charge is 0.240 e. The maximum Gasteiger partial charge on any atom is 0.123 e. The van der Waals surface area contributed by atoms with Crippen LogP contribution in [0, 0.1) is 5.82 Å². The number of rotatable bonds is 2.